The van der Waals surface area contributed by atoms with E-state index in [1.165, 1.54) is 6.07 Å². The number of alkyl halides is 3. The van der Waals surface area contributed by atoms with E-state index in [1.54, 1.807) is 18.2 Å². The van der Waals surface area contributed by atoms with Gasteiger partial charge in [-0.15, -0.1) is 11.3 Å². The summed E-state index contributed by atoms with van der Waals surface area (Å²) in [5.41, 5.74) is 1.54. The molecular formula is C19H19F3N4O2S. The summed E-state index contributed by atoms with van der Waals surface area (Å²) in [6, 6.07) is 5.92. The van der Waals surface area contributed by atoms with Crippen LogP contribution in [-0.4, -0.2) is 52.1 Å². The Bertz CT molecular complexity index is 1030. The Morgan fingerprint density at radius 1 is 1.34 bits per heavy atom. The number of fused-ring (bicyclic) bond motifs is 1. The first-order chi connectivity index (χ1) is 13.9. The lowest BCUT2D eigenvalue weighted by atomic mass is 10.1. The SMILES string of the molecule is COCCn1c(C2CCN(C(=O)c3ccc(C(F)(F)F)s3)C2)nc2cccnc21. The molecule has 154 valence electrons. The standard InChI is InChI=1S/C19H19F3N4O2S/c1-28-10-9-26-16(24-13-3-2-7-23-17(13)26)12-6-8-25(11-12)18(27)14-4-5-15(29-14)19(20,21)22/h2-5,7,12H,6,8-11H2,1H3. The summed E-state index contributed by atoms with van der Waals surface area (Å²) in [6.07, 6.45) is -2.04. The van der Waals surface area contributed by atoms with Crippen molar-refractivity contribution in [3.05, 3.63) is 46.0 Å². The number of imidazole rings is 1. The van der Waals surface area contributed by atoms with Crippen LogP contribution in [0, 0.1) is 0 Å². The van der Waals surface area contributed by atoms with Crippen LogP contribution in [0.15, 0.2) is 30.5 Å². The number of hydrogen-bond acceptors (Lipinski definition) is 5. The van der Waals surface area contributed by atoms with Crippen LogP contribution >= 0.6 is 11.3 Å². The Hall–Kier alpha value is -2.46. The minimum Gasteiger partial charge on any atom is -0.383 e. The molecule has 0 radical (unpaired) electrons. The minimum absolute atomic E-state index is 0.00736. The molecule has 0 aliphatic carbocycles. The number of hydrogen-bond donors (Lipinski definition) is 0. The third kappa shape index (κ3) is 3.86. The van der Waals surface area contributed by atoms with Gasteiger partial charge in [-0.25, -0.2) is 9.97 Å². The van der Waals surface area contributed by atoms with Crippen molar-refractivity contribution in [1.82, 2.24) is 19.4 Å². The smallest absolute Gasteiger partial charge is 0.383 e. The highest BCUT2D eigenvalue weighted by Gasteiger charge is 2.35. The van der Waals surface area contributed by atoms with E-state index >= 15 is 0 Å². The third-order valence-corrected chi connectivity index (χ3v) is 6.11. The van der Waals surface area contributed by atoms with E-state index in [2.05, 4.69) is 4.98 Å². The van der Waals surface area contributed by atoms with Crippen LogP contribution in [0.1, 0.15) is 32.7 Å². The summed E-state index contributed by atoms with van der Waals surface area (Å²) in [5, 5.41) is 0. The number of nitrogens with zero attached hydrogens (tertiary/aromatic N) is 4. The zero-order valence-corrected chi connectivity index (χ0v) is 16.5. The number of methoxy groups -OCH3 is 1. The highest BCUT2D eigenvalue weighted by molar-refractivity contribution is 7.14. The third-order valence-electron chi connectivity index (χ3n) is 4.99. The van der Waals surface area contributed by atoms with Gasteiger partial charge in [0.15, 0.2) is 5.65 Å². The molecule has 1 aliphatic heterocycles. The molecule has 10 heteroatoms. The molecule has 1 saturated heterocycles. The van der Waals surface area contributed by atoms with E-state index in [1.807, 2.05) is 16.7 Å². The lowest BCUT2D eigenvalue weighted by Crippen LogP contribution is -2.28. The maximum atomic E-state index is 12.8. The van der Waals surface area contributed by atoms with Gasteiger partial charge < -0.3 is 14.2 Å². The maximum Gasteiger partial charge on any atom is 0.425 e. The van der Waals surface area contributed by atoms with Crippen LogP contribution in [0.25, 0.3) is 11.2 Å². The minimum atomic E-state index is -4.43. The van der Waals surface area contributed by atoms with Gasteiger partial charge in [-0.1, -0.05) is 0 Å². The second-order valence-corrected chi connectivity index (χ2v) is 7.94. The molecule has 0 aromatic carbocycles. The molecule has 1 atom stereocenters. The number of halogens is 3. The molecule has 1 amide bonds. The Kier molecular flexibility index (Phi) is 5.30. The largest absolute Gasteiger partial charge is 0.425 e. The predicted molar refractivity (Wildman–Crippen MR) is 102 cm³/mol. The Labute approximate surface area is 168 Å². The summed E-state index contributed by atoms with van der Waals surface area (Å²) in [7, 11) is 1.62. The molecule has 4 rings (SSSR count). The van der Waals surface area contributed by atoms with Crippen molar-refractivity contribution in [3.63, 3.8) is 0 Å². The molecule has 1 aliphatic rings. The number of amides is 1. The topological polar surface area (TPSA) is 60.2 Å². The molecular weight excluding hydrogens is 405 g/mol. The molecule has 3 aromatic heterocycles. The molecule has 29 heavy (non-hydrogen) atoms. The Balaban J connectivity index is 1.55. The van der Waals surface area contributed by atoms with Crippen molar-refractivity contribution in [2.75, 3.05) is 26.8 Å². The lowest BCUT2D eigenvalue weighted by molar-refractivity contribution is -0.134. The van der Waals surface area contributed by atoms with Crippen molar-refractivity contribution in [1.29, 1.82) is 0 Å². The molecule has 0 N–H and O–H groups in total. The van der Waals surface area contributed by atoms with Crippen LogP contribution in [0.2, 0.25) is 0 Å². The van der Waals surface area contributed by atoms with Crippen LogP contribution < -0.4 is 0 Å². The van der Waals surface area contributed by atoms with Gasteiger partial charge in [0.2, 0.25) is 0 Å². The summed E-state index contributed by atoms with van der Waals surface area (Å²) < 4.78 is 45.7. The fraction of sp³-hybridized carbons (Fsp3) is 0.421. The van der Waals surface area contributed by atoms with Crippen molar-refractivity contribution in [2.45, 2.75) is 25.1 Å². The number of thiophene rings is 1. The van der Waals surface area contributed by atoms with Crippen molar-refractivity contribution < 1.29 is 22.7 Å². The van der Waals surface area contributed by atoms with E-state index in [0.29, 0.717) is 44.0 Å². The highest BCUT2D eigenvalue weighted by atomic mass is 32.1. The van der Waals surface area contributed by atoms with Crippen molar-refractivity contribution in [2.24, 2.45) is 0 Å². The monoisotopic (exact) mass is 424 g/mol. The molecule has 1 unspecified atom stereocenters. The number of rotatable bonds is 5. The second kappa shape index (κ2) is 7.75. The number of carbonyl (C=O) groups excluding carboxylic acids is 1. The normalized spacial score (nSPS) is 17.4. The molecule has 1 fully saturated rings. The van der Waals surface area contributed by atoms with E-state index in [4.69, 9.17) is 9.72 Å². The van der Waals surface area contributed by atoms with Gasteiger partial charge in [0.05, 0.1) is 11.5 Å². The average Bonchev–Trinajstić information content (AvgIpc) is 3.43. The van der Waals surface area contributed by atoms with E-state index < -0.39 is 11.1 Å². The van der Waals surface area contributed by atoms with Crippen molar-refractivity contribution in [3.8, 4) is 0 Å². The average molecular weight is 424 g/mol. The molecule has 0 saturated carbocycles. The lowest BCUT2D eigenvalue weighted by Gasteiger charge is -2.16. The number of pyridine rings is 1. The fourth-order valence-electron chi connectivity index (χ4n) is 3.61. The molecule has 0 spiro atoms. The molecule has 6 nitrogen and oxygen atoms in total. The first kappa shape index (κ1) is 19.8. The summed E-state index contributed by atoms with van der Waals surface area (Å²) in [4.78, 5) is 22.8. The summed E-state index contributed by atoms with van der Waals surface area (Å²) in [6.45, 7) is 1.97. The zero-order chi connectivity index (χ0) is 20.6. The summed E-state index contributed by atoms with van der Waals surface area (Å²) in [5.74, 6) is 0.450. The number of aromatic nitrogens is 3. The van der Waals surface area contributed by atoms with Crippen LogP contribution in [-0.2, 0) is 17.5 Å². The molecule has 4 heterocycles. The fourth-order valence-corrected chi connectivity index (χ4v) is 4.45. The highest BCUT2D eigenvalue weighted by Crippen LogP contribution is 2.36. The van der Waals surface area contributed by atoms with E-state index in [0.717, 1.165) is 23.1 Å². The quantitative estimate of drug-likeness (QED) is 0.625. The number of ether oxygens (including phenoxy) is 1. The number of likely N-dealkylation sites (tertiary alicyclic amines) is 1. The van der Waals surface area contributed by atoms with Gasteiger partial charge in [0.25, 0.3) is 5.91 Å². The van der Waals surface area contributed by atoms with Crippen LogP contribution in [0.4, 0.5) is 13.2 Å². The van der Waals surface area contributed by atoms with Gasteiger partial charge in [-0.05, 0) is 30.7 Å². The van der Waals surface area contributed by atoms with Gasteiger partial charge in [-0.2, -0.15) is 13.2 Å². The van der Waals surface area contributed by atoms with Crippen LogP contribution in [0.5, 0.6) is 0 Å². The van der Waals surface area contributed by atoms with E-state index in [-0.39, 0.29) is 16.7 Å². The Morgan fingerprint density at radius 3 is 2.90 bits per heavy atom. The first-order valence-corrected chi connectivity index (χ1v) is 9.96. The van der Waals surface area contributed by atoms with Gasteiger partial charge in [0, 0.05) is 38.9 Å². The first-order valence-electron chi connectivity index (χ1n) is 9.15. The van der Waals surface area contributed by atoms with Crippen LogP contribution in [0.3, 0.4) is 0 Å². The number of carbonyl (C=O) groups is 1. The Morgan fingerprint density at radius 2 is 2.17 bits per heavy atom. The molecule has 0 bridgehead atoms. The van der Waals surface area contributed by atoms with Gasteiger partial charge in [-0.3, -0.25) is 4.79 Å². The van der Waals surface area contributed by atoms with Gasteiger partial charge >= 0.3 is 6.18 Å². The van der Waals surface area contributed by atoms with Crippen molar-refractivity contribution >= 4 is 28.4 Å². The second-order valence-electron chi connectivity index (χ2n) is 6.86. The predicted octanol–water partition coefficient (Wildman–Crippen LogP) is 3.79. The summed E-state index contributed by atoms with van der Waals surface area (Å²) >= 11 is 0.486. The molecule has 3 aromatic rings. The zero-order valence-electron chi connectivity index (χ0n) is 15.6. The maximum absolute atomic E-state index is 12.8. The van der Waals surface area contributed by atoms with Gasteiger partial charge in [0.1, 0.15) is 16.2 Å². The van der Waals surface area contributed by atoms with E-state index in [9.17, 15) is 18.0 Å².